The minimum Gasteiger partial charge on any atom is -0.313 e. The largest absolute Gasteiger partial charge is 0.313 e. The molecule has 0 radical (unpaired) electrons. The van der Waals surface area contributed by atoms with Gasteiger partial charge >= 0.3 is 0 Å². The van der Waals surface area contributed by atoms with Crippen LogP contribution >= 0.6 is 11.6 Å². The number of hydrogen-bond donors (Lipinski definition) is 1. The molecule has 0 aliphatic heterocycles. The van der Waals surface area contributed by atoms with Crippen LogP contribution in [0.2, 0.25) is 5.02 Å². The summed E-state index contributed by atoms with van der Waals surface area (Å²) < 4.78 is 13.0. The first-order valence-corrected chi connectivity index (χ1v) is 5.90. The molecule has 1 aromatic carbocycles. The lowest BCUT2D eigenvalue weighted by atomic mass is 9.92. The molecular formula is C13H19ClFN. The third-order valence-electron chi connectivity index (χ3n) is 2.30. The molecule has 0 saturated carbocycles. The standard InChI is InChI=1S/C13H19ClFN/c1-13(2,3)4-5-16-9-10-6-11(14)8-12(15)7-10/h6-8,16H,4-5,9H2,1-3H3. The Morgan fingerprint density at radius 1 is 1.25 bits per heavy atom. The van der Waals surface area contributed by atoms with E-state index in [2.05, 4.69) is 26.1 Å². The maximum absolute atomic E-state index is 13.0. The van der Waals surface area contributed by atoms with E-state index in [9.17, 15) is 4.39 Å². The molecule has 0 bridgehead atoms. The zero-order valence-corrected chi connectivity index (χ0v) is 10.9. The van der Waals surface area contributed by atoms with Crippen LogP contribution in [0.15, 0.2) is 18.2 Å². The Kier molecular flexibility index (Phi) is 4.75. The van der Waals surface area contributed by atoms with Crippen LogP contribution in [0.3, 0.4) is 0 Å². The normalized spacial score (nSPS) is 11.8. The summed E-state index contributed by atoms with van der Waals surface area (Å²) in [6, 6.07) is 4.62. The maximum atomic E-state index is 13.0. The molecule has 1 nitrogen and oxygen atoms in total. The first-order chi connectivity index (χ1) is 7.37. The average molecular weight is 244 g/mol. The van der Waals surface area contributed by atoms with Crippen LogP contribution < -0.4 is 5.32 Å². The second kappa shape index (κ2) is 5.65. The van der Waals surface area contributed by atoms with Crippen molar-refractivity contribution in [2.45, 2.75) is 33.7 Å². The summed E-state index contributed by atoms with van der Waals surface area (Å²) in [7, 11) is 0. The molecule has 0 unspecified atom stereocenters. The van der Waals surface area contributed by atoms with Crippen LogP contribution in [0, 0.1) is 11.2 Å². The molecule has 0 heterocycles. The van der Waals surface area contributed by atoms with Crippen molar-refractivity contribution >= 4 is 11.6 Å². The van der Waals surface area contributed by atoms with Gasteiger partial charge < -0.3 is 5.32 Å². The van der Waals surface area contributed by atoms with Gasteiger partial charge in [0.15, 0.2) is 0 Å². The van der Waals surface area contributed by atoms with Gasteiger partial charge in [0.25, 0.3) is 0 Å². The third-order valence-corrected chi connectivity index (χ3v) is 2.52. The van der Waals surface area contributed by atoms with E-state index in [1.165, 1.54) is 12.1 Å². The highest BCUT2D eigenvalue weighted by atomic mass is 35.5. The van der Waals surface area contributed by atoms with Crippen LogP contribution in [-0.2, 0) is 6.54 Å². The fourth-order valence-corrected chi connectivity index (χ4v) is 1.65. The van der Waals surface area contributed by atoms with Gasteiger partial charge in [-0.2, -0.15) is 0 Å². The summed E-state index contributed by atoms with van der Waals surface area (Å²) in [5.41, 5.74) is 1.21. The monoisotopic (exact) mass is 243 g/mol. The Labute approximate surface area is 102 Å². The Balaban J connectivity index is 2.37. The van der Waals surface area contributed by atoms with Crippen molar-refractivity contribution in [3.8, 4) is 0 Å². The van der Waals surface area contributed by atoms with E-state index in [4.69, 9.17) is 11.6 Å². The Bertz CT molecular complexity index is 324. The molecule has 0 aliphatic rings. The Hall–Kier alpha value is -0.600. The van der Waals surface area contributed by atoms with Crippen molar-refractivity contribution in [3.05, 3.63) is 34.6 Å². The van der Waals surface area contributed by atoms with Gasteiger partial charge in [-0.05, 0) is 42.1 Å². The second-order valence-electron chi connectivity index (χ2n) is 5.27. The van der Waals surface area contributed by atoms with Crippen molar-refractivity contribution in [2.24, 2.45) is 5.41 Å². The highest BCUT2D eigenvalue weighted by Gasteiger charge is 2.08. The molecule has 0 atom stereocenters. The van der Waals surface area contributed by atoms with E-state index in [-0.39, 0.29) is 5.82 Å². The zero-order valence-electron chi connectivity index (χ0n) is 10.1. The lowest BCUT2D eigenvalue weighted by molar-refractivity contribution is 0.366. The Morgan fingerprint density at radius 2 is 1.94 bits per heavy atom. The van der Waals surface area contributed by atoms with Gasteiger partial charge in [-0.3, -0.25) is 0 Å². The minimum absolute atomic E-state index is 0.278. The molecule has 3 heteroatoms. The smallest absolute Gasteiger partial charge is 0.125 e. The Morgan fingerprint density at radius 3 is 2.50 bits per heavy atom. The predicted molar refractivity (Wildman–Crippen MR) is 67.2 cm³/mol. The molecule has 0 aliphatic carbocycles. The van der Waals surface area contributed by atoms with E-state index in [0.29, 0.717) is 17.0 Å². The average Bonchev–Trinajstić information content (AvgIpc) is 2.09. The first-order valence-electron chi connectivity index (χ1n) is 5.52. The molecule has 0 fully saturated rings. The quantitative estimate of drug-likeness (QED) is 0.788. The van der Waals surface area contributed by atoms with Gasteiger partial charge in [-0.25, -0.2) is 4.39 Å². The zero-order chi connectivity index (χ0) is 12.2. The van der Waals surface area contributed by atoms with Crippen molar-refractivity contribution in [1.29, 1.82) is 0 Å². The second-order valence-corrected chi connectivity index (χ2v) is 5.70. The van der Waals surface area contributed by atoms with E-state index in [1.807, 2.05) is 0 Å². The van der Waals surface area contributed by atoms with Crippen LogP contribution in [0.5, 0.6) is 0 Å². The molecule has 90 valence electrons. The van der Waals surface area contributed by atoms with E-state index in [0.717, 1.165) is 18.5 Å². The number of benzene rings is 1. The molecule has 0 amide bonds. The van der Waals surface area contributed by atoms with E-state index < -0.39 is 0 Å². The molecular weight excluding hydrogens is 225 g/mol. The van der Waals surface area contributed by atoms with Crippen LogP contribution in [0.1, 0.15) is 32.8 Å². The van der Waals surface area contributed by atoms with Gasteiger partial charge in [-0.15, -0.1) is 0 Å². The van der Waals surface area contributed by atoms with Crippen molar-refractivity contribution in [1.82, 2.24) is 5.32 Å². The van der Waals surface area contributed by atoms with Crippen molar-refractivity contribution < 1.29 is 4.39 Å². The van der Waals surface area contributed by atoms with Crippen molar-refractivity contribution in [3.63, 3.8) is 0 Å². The molecule has 1 rings (SSSR count). The van der Waals surface area contributed by atoms with Crippen LogP contribution in [-0.4, -0.2) is 6.54 Å². The summed E-state index contributed by atoms with van der Waals surface area (Å²) >= 11 is 5.77. The molecule has 16 heavy (non-hydrogen) atoms. The predicted octanol–water partition coefficient (Wildman–Crippen LogP) is 4.00. The number of hydrogen-bond acceptors (Lipinski definition) is 1. The van der Waals surface area contributed by atoms with Gasteiger partial charge in [0.05, 0.1) is 0 Å². The van der Waals surface area contributed by atoms with Gasteiger partial charge in [0.1, 0.15) is 5.82 Å². The lowest BCUT2D eigenvalue weighted by Crippen LogP contribution is -2.20. The first kappa shape index (κ1) is 13.5. The molecule has 1 aromatic rings. The highest BCUT2D eigenvalue weighted by molar-refractivity contribution is 6.30. The molecule has 1 N–H and O–H groups in total. The summed E-state index contributed by atoms with van der Waals surface area (Å²) in [5, 5.41) is 3.74. The highest BCUT2D eigenvalue weighted by Crippen LogP contribution is 2.17. The summed E-state index contributed by atoms with van der Waals surface area (Å²) in [5.74, 6) is -0.278. The fourth-order valence-electron chi connectivity index (χ4n) is 1.41. The maximum Gasteiger partial charge on any atom is 0.125 e. The minimum atomic E-state index is -0.278. The number of nitrogens with one attached hydrogen (secondary N) is 1. The lowest BCUT2D eigenvalue weighted by Gasteiger charge is -2.18. The van der Waals surface area contributed by atoms with Gasteiger partial charge in [0, 0.05) is 11.6 Å². The third kappa shape index (κ3) is 5.47. The number of rotatable bonds is 4. The SMILES string of the molecule is CC(C)(C)CCNCc1cc(F)cc(Cl)c1. The van der Waals surface area contributed by atoms with E-state index >= 15 is 0 Å². The molecule has 0 aromatic heterocycles. The topological polar surface area (TPSA) is 12.0 Å². The number of halogens is 2. The summed E-state index contributed by atoms with van der Waals surface area (Å²) in [6.07, 6.45) is 1.09. The summed E-state index contributed by atoms with van der Waals surface area (Å²) in [4.78, 5) is 0. The van der Waals surface area contributed by atoms with Crippen molar-refractivity contribution in [2.75, 3.05) is 6.54 Å². The summed E-state index contributed by atoms with van der Waals surface area (Å²) in [6.45, 7) is 8.19. The van der Waals surface area contributed by atoms with Crippen LogP contribution in [0.25, 0.3) is 0 Å². The van der Waals surface area contributed by atoms with E-state index in [1.54, 1.807) is 6.07 Å². The molecule has 0 saturated heterocycles. The van der Waals surface area contributed by atoms with Crippen LogP contribution in [0.4, 0.5) is 4.39 Å². The van der Waals surface area contributed by atoms with Gasteiger partial charge in [0.2, 0.25) is 0 Å². The van der Waals surface area contributed by atoms with Gasteiger partial charge in [-0.1, -0.05) is 32.4 Å². The fraction of sp³-hybridized carbons (Fsp3) is 0.538. The molecule has 0 spiro atoms.